The second kappa shape index (κ2) is 3.61. The Morgan fingerprint density at radius 1 is 1.46 bits per heavy atom. The van der Waals surface area contributed by atoms with E-state index in [0.717, 1.165) is 4.90 Å². The van der Waals surface area contributed by atoms with E-state index in [1.807, 2.05) is 0 Å². The molecule has 1 heterocycles. The van der Waals surface area contributed by atoms with E-state index in [2.05, 4.69) is 5.32 Å². The minimum Gasteiger partial charge on any atom is -0.481 e. The average molecular weight is 188 g/mol. The van der Waals surface area contributed by atoms with Crippen molar-refractivity contribution >= 4 is 12.1 Å². The van der Waals surface area contributed by atoms with Gasteiger partial charge >= 0.3 is 12.1 Å². The highest BCUT2D eigenvalue weighted by molar-refractivity contribution is 5.73. The van der Waals surface area contributed by atoms with Crippen LogP contribution in [0.5, 0.6) is 0 Å². The number of rotatable bonds is 1. The summed E-state index contributed by atoms with van der Waals surface area (Å²) in [5, 5.41) is 20.2. The lowest BCUT2D eigenvalue weighted by Crippen LogP contribution is -2.55. The summed E-state index contributed by atoms with van der Waals surface area (Å²) in [5.41, 5.74) is 0. The number of nitrogens with one attached hydrogen (secondary N) is 1. The second-order valence-electron chi connectivity index (χ2n) is 3.10. The molecular weight excluding hydrogens is 176 g/mol. The van der Waals surface area contributed by atoms with Crippen LogP contribution in [-0.2, 0) is 4.79 Å². The normalized spacial score (nSPS) is 28.5. The van der Waals surface area contributed by atoms with E-state index in [9.17, 15) is 9.59 Å². The van der Waals surface area contributed by atoms with Crippen molar-refractivity contribution in [2.75, 3.05) is 13.2 Å². The minimum absolute atomic E-state index is 0.0544. The van der Waals surface area contributed by atoms with Crippen LogP contribution < -0.4 is 5.32 Å². The van der Waals surface area contributed by atoms with Crippen LogP contribution in [0.15, 0.2) is 0 Å². The van der Waals surface area contributed by atoms with Crippen LogP contribution in [0, 0.1) is 5.92 Å². The molecule has 74 valence electrons. The molecule has 0 saturated carbocycles. The Balaban J connectivity index is 2.63. The van der Waals surface area contributed by atoms with E-state index in [1.54, 1.807) is 6.92 Å². The van der Waals surface area contributed by atoms with Crippen molar-refractivity contribution < 1.29 is 19.8 Å². The molecule has 1 amide bonds. The molecule has 13 heavy (non-hydrogen) atoms. The standard InChI is InChI=1S/C7H12N2O4/c1-4-5(6(10)11)2-9(3-8-4)7(12)13/h4-5,8H,2-3H2,1H3,(H,10,11)(H,12,13). The molecule has 6 nitrogen and oxygen atoms in total. The van der Waals surface area contributed by atoms with Gasteiger partial charge < -0.3 is 10.2 Å². The van der Waals surface area contributed by atoms with Crippen molar-refractivity contribution in [1.29, 1.82) is 0 Å². The third-order valence-electron chi connectivity index (χ3n) is 2.21. The van der Waals surface area contributed by atoms with Crippen molar-refractivity contribution in [3.8, 4) is 0 Å². The topological polar surface area (TPSA) is 89.9 Å². The van der Waals surface area contributed by atoms with Crippen molar-refractivity contribution in [3.63, 3.8) is 0 Å². The number of carbonyl (C=O) groups is 2. The van der Waals surface area contributed by atoms with E-state index in [1.165, 1.54) is 0 Å². The Morgan fingerprint density at radius 3 is 2.54 bits per heavy atom. The minimum atomic E-state index is -1.09. The summed E-state index contributed by atoms with van der Waals surface area (Å²) in [6, 6.07) is -0.187. The summed E-state index contributed by atoms with van der Waals surface area (Å²) in [7, 11) is 0. The Kier molecular flexibility index (Phi) is 2.72. The summed E-state index contributed by atoms with van der Waals surface area (Å²) >= 11 is 0. The summed E-state index contributed by atoms with van der Waals surface area (Å²) in [5.74, 6) is -1.63. The van der Waals surface area contributed by atoms with Crippen LogP contribution in [0.3, 0.4) is 0 Å². The lowest BCUT2D eigenvalue weighted by molar-refractivity contribution is -0.144. The number of carboxylic acids is 1. The van der Waals surface area contributed by atoms with E-state index in [0.29, 0.717) is 0 Å². The maximum absolute atomic E-state index is 10.7. The van der Waals surface area contributed by atoms with Gasteiger partial charge in [0.2, 0.25) is 0 Å². The van der Waals surface area contributed by atoms with E-state index >= 15 is 0 Å². The molecular formula is C7H12N2O4. The number of hydrogen-bond donors (Lipinski definition) is 3. The molecule has 0 spiro atoms. The molecule has 1 rings (SSSR count). The Bertz CT molecular complexity index is 231. The largest absolute Gasteiger partial charge is 0.481 e. The molecule has 0 aromatic carbocycles. The maximum Gasteiger partial charge on any atom is 0.408 e. The molecule has 2 atom stereocenters. The van der Waals surface area contributed by atoms with Gasteiger partial charge in [0.15, 0.2) is 0 Å². The predicted octanol–water partition coefficient (Wildman–Crippen LogP) is -0.384. The van der Waals surface area contributed by atoms with Gasteiger partial charge in [0.25, 0.3) is 0 Å². The van der Waals surface area contributed by atoms with Crippen LogP contribution >= 0.6 is 0 Å². The fourth-order valence-corrected chi connectivity index (χ4v) is 1.29. The lowest BCUT2D eigenvalue weighted by Gasteiger charge is -2.33. The second-order valence-corrected chi connectivity index (χ2v) is 3.10. The fraction of sp³-hybridized carbons (Fsp3) is 0.714. The molecule has 0 aromatic rings. The molecule has 1 aliphatic heterocycles. The van der Waals surface area contributed by atoms with Crippen molar-refractivity contribution in [2.24, 2.45) is 5.92 Å². The third-order valence-corrected chi connectivity index (χ3v) is 2.21. The Morgan fingerprint density at radius 2 is 2.08 bits per heavy atom. The van der Waals surface area contributed by atoms with Gasteiger partial charge in [-0.05, 0) is 6.92 Å². The molecule has 3 N–H and O–H groups in total. The van der Waals surface area contributed by atoms with Crippen molar-refractivity contribution in [1.82, 2.24) is 10.2 Å². The van der Waals surface area contributed by atoms with Gasteiger partial charge in [-0.2, -0.15) is 0 Å². The first-order valence-electron chi connectivity index (χ1n) is 3.96. The van der Waals surface area contributed by atoms with E-state index in [-0.39, 0.29) is 19.3 Å². The Hall–Kier alpha value is -1.30. The van der Waals surface area contributed by atoms with Gasteiger partial charge in [-0.15, -0.1) is 0 Å². The first-order valence-corrected chi connectivity index (χ1v) is 3.96. The zero-order valence-corrected chi connectivity index (χ0v) is 7.23. The highest BCUT2D eigenvalue weighted by atomic mass is 16.4. The van der Waals surface area contributed by atoms with E-state index in [4.69, 9.17) is 10.2 Å². The average Bonchev–Trinajstić information content (AvgIpc) is 2.04. The van der Waals surface area contributed by atoms with Crippen LogP contribution in [-0.4, -0.2) is 46.4 Å². The van der Waals surface area contributed by atoms with Gasteiger partial charge in [-0.25, -0.2) is 4.79 Å². The highest BCUT2D eigenvalue weighted by Gasteiger charge is 2.32. The monoisotopic (exact) mass is 188 g/mol. The third kappa shape index (κ3) is 2.09. The summed E-state index contributed by atoms with van der Waals surface area (Å²) in [4.78, 5) is 22.2. The summed E-state index contributed by atoms with van der Waals surface area (Å²) in [6.07, 6.45) is -1.09. The molecule has 0 bridgehead atoms. The Labute approximate surface area is 75.1 Å². The fourth-order valence-electron chi connectivity index (χ4n) is 1.29. The molecule has 1 aliphatic rings. The van der Waals surface area contributed by atoms with Gasteiger partial charge in [0.1, 0.15) is 0 Å². The number of carboxylic acid groups (broad SMARTS) is 2. The van der Waals surface area contributed by atoms with Gasteiger partial charge in [-0.1, -0.05) is 0 Å². The molecule has 0 aromatic heterocycles. The van der Waals surface area contributed by atoms with Gasteiger partial charge in [-0.3, -0.25) is 15.0 Å². The smallest absolute Gasteiger partial charge is 0.408 e. The van der Waals surface area contributed by atoms with Gasteiger partial charge in [0.05, 0.1) is 12.6 Å². The lowest BCUT2D eigenvalue weighted by atomic mass is 9.99. The molecule has 2 unspecified atom stereocenters. The van der Waals surface area contributed by atoms with Crippen LogP contribution in [0.1, 0.15) is 6.92 Å². The van der Waals surface area contributed by atoms with Crippen LogP contribution in [0.4, 0.5) is 4.79 Å². The van der Waals surface area contributed by atoms with Crippen LogP contribution in [0.25, 0.3) is 0 Å². The maximum atomic E-state index is 10.7. The SMILES string of the molecule is CC1NCN(C(=O)O)CC1C(=O)O. The molecule has 6 heteroatoms. The first kappa shape index (κ1) is 9.79. The zero-order chi connectivity index (χ0) is 10.0. The highest BCUT2D eigenvalue weighted by Crippen LogP contribution is 2.11. The molecule has 0 aliphatic carbocycles. The summed E-state index contributed by atoms with van der Waals surface area (Å²) in [6.45, 7) is 1.98. The molecule has 0 radical (unpaired) electrons. The van der Waals surface area contributed by atoms with E-state index < -0.39 is 18.0 Å². The summed E-state index contributed by atoms with van der Waals surface area (Å²) < 4.78 is 0. The van der Waals surface area contributed by atoms with Crippen LogP contribution in [0.2, 0.25) is 0 Å². The molecule has 1 fully saturated rings. The number of nitrogens with zero attached hydrogens (tertiary/aromatic N) is 1. The van der Waals surface area contributed by atoms with Gasteiger partial charge in [0, 0.05) is 12.6 Å². The predicted molar refractivity (Wildman–Crippen MR) is 43.3 cm³/mol. The number of hydrogen-bond acceptors (Lipinski definition) is 3. The zero-order valence-electron chi connectivity index (χ0n) is 7.23. The first-order chi connectivity index (χ1) is 6.02. The van der Waals surface area contributed by atoms with Crippen molar-refractivity contribution in [2.45, 2.75) is 13.0 Å². The quantitative estimate of drug-likeness (QED) is 0.521. The molecule has 1 saturated heterocycles. The van der Waals surface area contributed by atoms with Crippen molar-refractivity contribution in [3.05, 3.63) is 0 Å². The number of amides is 1. The number of aliphatic carboxylic acids is 1.